The van der Waals surface area contributed by atoms with Crippen molar-refractivity contribution in [1.29, 1.82) is 0 Å². The molecule has 0 heterocycles. The maximum Gasteiger partial charge on any atom is 0.128 e. The number of alkyl halides is 1. The van der Waals surface area contributed by atoms with E-state index in [1.807, 2.05) is 12.1 Å². The van der Waals surface area contributed by atoms with Crippen molar-refractivity contribution in [3.05, 3.63) is 58.4 Å². The Kier molecular flexibility index (Phi) is 4.25. The lowest BCUT2D eigenvalue weighted by atomic mass is 10.2. The Hall–Kier alpha value is -1.06. The first-order chi connectivity index (χ1) is 8.60. The van der Waals surface area contributed by atoms with Crippen LogP contribution in [0.5, 0.6) is 11.5 Å². The number of rotatable bonds is 3. The summed E-state index contributed by atoms with van der Waals surface area (Å²) >= 11 is 9.43. The minimum absolute atomic E-state index is 0.241. The summed E-state index contributed by atoms with van der Waals surface area (Å²) in [5.41, 5.74) is 1.55. The van der Waals surface area contributed by atoms with Crippen molar-refractivity contribution in [3.63, 3.8) is 0 Å². The van der Waals surface area contributed by atoms with Gasteiger partial charge < -0.3 is 4.74 Å². The Balaban J connectivity index is 2.23. The van der Waals surface area contributed by atoms with Gasteiger partial charge in [-0.05, 0) is 48.4 Å². The molecular weight excluding hydrogens is 319 g/mol. The lowest BCUT2D eigenvalue weighted by molar-refractivity contribution is 0.479. The average molecular weight is 330 g/mol. The topological polar surface area (TPSA) is 9.23 Å². The molecule has 2 aromatic carbocycles. The van der Waals surface area contributed by atoms with Gasteiger partial charge in [0.15, 0.2) is 0 Å². The van der Waals surface area contributed by atoms with E-state index >= 15 is 0 Å². The summed E-state index contributed by atoms with van der Waals surface area (Å²) in [7, 11) is 0. The fourth-order valence-electron chi connectivity index (χ4n) is 1.52. The molecular formula is C14H11BrClFO. The summed E-state index contributed by atoms with van der Waals surface area (Å²) in [5.74, 6) is 0.988. The Morgan fingerprint density at radius 1 is 1.17 bits per heavy atom. The summed E-state index contributed by atoms with van der Waals surface area (Å²) in [5, 5.41) is 1.34. The smallest absolute Gasteiger partial charge is 0.128 e. The predicted molar refractivity (Wildman–Crippen MR) is 75.3 cm³/mol. The Bertz CT molecular complexity index is 572. The van der Waals surface area contributed by atoms with Gasteiger partial charge in [-0.3, -0.25) is 0 Å². The van der Waals surface area contributed by atoms with Gasteiger partial charge in [0.1, 0.15) is 17.3 Å². The second-order valence-corrected chi connectivity index (χ2v) is 4.87. The van der Waals surface area contributed by atoms with Crippen molar-refractivity contribution in [1.82, 2.24) is 0 Å². The van der Waals surface area contributed by atoms with Crippen LogP contribution in [-0.4, -0.2) is 0 Å². The van der Waals surface area contributed by atoms with E-state index in [-0.39, 0.29) is 5.82 Å². The van der Waals surface area contributed by atoms with E-state index in [0.29, 0.717) is 27.4 Å². The highest BCUT2D eigenvalue weighted by atomic mass is 79.9. The zero-order valence-corrected chi connectivity index (χ0v) is 12.1. The summed E-state index contributed by atoms with van der Waals surface area (Å²) in [4.78, 5) is 0. The number of hydrogen-bond donors (Lipinski definition) is 0. The first-order valence-electron chi connectivity index (χ1n) is 5.38. The van der Waals surface area contributed by atoms with E-state index in [1.165, 1.54) is 6.07 Å². The van der Waals surface area contributed by atoms with E-state index in [9.17, 15) is 4.39 Å². The van der Waals surface area contributed by atoms with Gasteiger partial charge in [0.05, 0.1) is 0 Å². The molecule has 0 saturated carbocycles. The highest BCUT2D eigenvalue weighted by Crippen LogP contribution is 2.28. The fourth-order valence-corrected chi connectivity index (χ4v) is 2.40. The molecule has 0 spiro atoms. The molecule has 0 radical (unpaired) electrons. The molecule has 0 aliphatic carbocycles. The normalized spacial score (nSPS) is 10.4. The Morgan fingerprint density at radius 2 is 1.83 bits per heavy atom. The Morgan fingerprint density at radius 3 is 2.44 bits per heavy atom. The molecule has 0 aliphatic heterocycles. The lowest BCUT2D eigenvalue weighted by Crippen LogP contribution is -1.88. The highest BCUT2D eigenvalue weighted by Gasteiger charge is 2.04. The van der Waals surface area contributed by atoms with E-state index in [0.717, 1.165) is 5.56 Å². The SMILES string of the molecule is Cc1cc(Oc2ccc(CBr)c(Cl)c2)ccc1F. The van der Waals surface area contributed by atoms with Crippen molar-refractivity contribution in [2.75, 3.05) is 0 Å². The molecule has 0 aromatic heterocycles. The van der Waals surface area contributed by atoms with Gasteiger partial charge in [0.25, 0.3) is 0 Å². The number of ether oxygens (including phenoxy) is 1. The molecule has 4 heteroatoms. The number of hydrogen-bond acceptors (Lipinski definition) is 1. The van der Waals surface area contributed by atoms with Crippen LogP contribution in [0, 0.1) is 12.7 Å². The summed E-state index contributed by atoms with van der Waals surface area (Å²) in [6.07, 6.45) is 0. The number of halogens is 3. The van der Waals surface area contributed by atoms with Crippen LogP contribution in [-0.2, 0) is 5.33 Å². The molecule has 2 aromatic rings. The minimum atomic E-state index is -0.241. The fraction of sp³-hybridized carbons (Fsp3) is 0.143. The van der Waals surface area contributed by atoms with Crippen LogP contribution < -0.4 is 4.74 Å². The van der Waals surface area contributed by atoms with Crippen molar-refractivity contribution in [2.45, 2.75) is 12.3 Å². The molecule has 0 atom stereocenters. The molecule has 0 amide bonds. The van der Waals surface area contributed by atoms with Crippen LogP contribution in [0.25, 0.3) is 0 Å². The molecule has 1 nitrogen and oxygen atoms in total. The summed E-state index contributed by atoms with van der Waals surface area (Å²) in [6, 6.07) is 10.1. The van der Waals surface area contributed by atoms with Gasteiger partial charge in [-0.1, -0.05) is 33.6 Å². The van der Waals surface area contributed by atoms with Crippen LogP contribution in [0.3, 0.4) is 0 Å². The van der Waals surface area contributed by atoms with E-state index in [1.54, 1.807) is 25.1 Å². The standard InChI is InChI=1S/C14H11BrClFO/c1-9-6-11(4-5-14(9)17)18-12-3-2-10(8-15)13(16)7-12/h2-7H,8H2,1H3. The number of benzene rings is 2. The van der Waals surface area contributed by atoms with E-state index in [2.05, 4.69) is 15.9 Å². The molecule has 0 unspecified atom stereocenters. The molecule has 18 heavy (non-hydrogen) atoms. The van der Waals surface area contributed by atoms with Gasteiger partial charge in [-0.15, -0.1) is 0 Å². The maximum atomic E-state index is 13.1. The van der Waals surface area contributed by atoms with Gasteiger partial charge >= 0.3 is 0 Å². The third-order valence-electron chi connectivity index (χ3n) is 2.53. The minimum Gasteiger partial charge on any atom is -0.457 e. The van der Waals surface area contributed by atoms with Gasteiger partial charge in [-0.2, -0.15) is 0 Å². The van der Waals surface area contributed by atoms with Crippen LogP contribution >= 0.6 is 27.5 Å². The van der Waals surface area contributed by atoms with Crippen LogP contribution in [0.4, 0.5) is 4.39 Å². The monoisotopic (exact) mass is 328 g/mol. The average Bonchev–Trinajstić information content (AvgIpc) is 2.34. The van der Waals surface area contributed by atoms with Crippen LogP contribution in [0.15, 0.2) is 36.4 Å². The molecule has 2 rings (SSSR count). The molecule has 0 fully saturated rings. The van der Waals surface area contributed by atoms with Crippen molar-refractivity contribution < 1.29 is 9.13 Å². The van der Waals surface area contributed by atoms with Crippen LogP contribution in [0.1, 0.15) is 11.1 Å². The Labute approximate surface area is 119 Å². The second-order valence-electron chi connectivity index (χ2n) is 3.90. The third kappa shape index (κ3) is 3.03. The zero-order chi connectivity index (χ0) is 13.1. The van der Waals surface area contributed by atoms with Gasteiger partial charge in [0, 0.05) is 10.4 Å². The largest absolute Gasteiger partial charge is 0.457 e. The van der Waals surface area contributed by atoms with E-state index in [4.69, 9.17) is 16.3 Å². The van der Waals surface area contributed by atoms with Crippen molar-refractivity contribution in [3.8, 4) is 11.5 Å². The van der Waals surface area contributed by atoms with Crippen LogP contribution in [0.2, 0.25) is 5.02 Å². The molecule has 0 N–H and O–H groups in total. The summed E-state index contributed by atoms with van der Waals surface area (Å²) in [6.45, 7) is 1.70. The molecule has 0 bridgehead atoms. The predicted octanol–water partition coefficient (Wildman–Crippen LogP) is 5.47. The quantitative estimate of drug-likeness (QED) is 0.678. The maximum absolute atomic E-state index is 13.1. The highest BCUT2D eigenvalue weighted by molar-refractivity contribution is 9.08. The first kappa shape index (κ1) is 13.4. The van der Waals surface area contributed by atoms with Crippen molar-refractivity contribution >= 4 is 27.5 Å². The second kappa shape index (κ2) is 5.72. The first-order valence-corrected chi connectivity index (χ1v) is 6.88. The third-order valence-corrected chi connectivity index (χ3v) is 3.49. The van der Waals surface area contributed by atoms with Gasteiger partial charge in [0.2, 0.25) is 0 Å². The zero-order valence-electron chi connectivity index (χ0n) is 9.71. The van der Waals surface area contributed by atoms with E-state index < -0.39 is 0 Å². The molecule has 0 aliphatic rings. The van der Waals surface area contributed by atoms with Gasteiger partial charge in [-0.25, -0.2) is 4.39 Å². The van der Waals surface area contributed by atoms with Crippen molar-refractivity contribution in [2.24, 2.45) is 0 Å². The number of aryl methyl sites for hydroxylation is 1. The summed E-state index contributed by atoms with van der Waals surface area (Å²) < 4.78 is 18.7. The lowest BCUT2D eigenvalue weighted by Gasteiger charge is -2.08. The molecule has 0 saturated heterocycles. The molecule has 94 valence electrons.